The molecule has 1 aromatic carbocycles. The lowest BCUT2D eigenvalue weighted by atomic mass is 10.2. The van der Waals surface area contributed by atoms with Gasteiger partial charge in [0.05, 0.1) is 5.69 Å². The Morgan fingerprint density at radius 1 is 1.56 bits per heavy atom. The van der Waals surface area contributed by atoms with Gasteiger partial charge in [0.1, 0.15) is 6.20 Å². The van der Waals surface area contributed by atoms with Crippen molar-refractivity contribution in [1.82, 2.24) is 5.59 Å². The van der Waals surface area contributed by atoms with Gasteiger partial charge in [-0.2, -0.15) is 0 Å². The number of rotatable bonds is 2. The molecular weight excluding hydrogens is 212 g/mol. The molecule has 0 atom stereocenters. The van der Waals surface area contributed by atoms with Gasteiger partial charge in [0, 0.05) is 5.56 Å². The zero-order valence-electron chi connectivity index (χ0n) is 8.04. The van der Waals surface area contributed by atoms with Crippen LogP contribution in [-0.4, -0.2) is 11.0 Å². The highest BCUT2D eigenvalue weighted by Gasteiger charge is 2.15. The first-order valence-corrected chi connectivity index (χ1v) is 4.35. The largest absolute Gasteiger partial charge is 0.479 e. The minimum atomic E-state index is -0.629. The maximum Gasteiger partial charge on any atom is 0.317 e. The fourth-order valence-electron chi connectivity index (χ4n) is 1.24. The van der Waals surface area contributed by atoms with E-state index in [1.807, 2.05) is 0 Å². The second-order valence-corrected chi connectivity index (χ2v) is 3.00. The molecule has 1 aliphatic rings. The van der Waals surface area contributed by atoms with Crippen LogP contribution in [0.5, 0.6) is 0 Å². The molecule has 1 amide bonds. The van der Waals surface area contributed by atoms with E-state index in [1.54, 1.807) is 18.2 Å². The summed E-state index contributed by atoms with van der Waals surface area (Å²) in [5.41, 5.74) is 9.90. The summed E-state index contributed by atoms with van der Waals surface area (Å²) in [7, 11) is 0. The number of nitrogens with one attached hydrogen (secondary N) is 2. The molecule has 0 radical (unpaired) electrons. The van der Waals surface area contributed by atoms with Gasteiger partial charge in [0.15, 0.2) is 0 Å². The molecule has 82 valence electrons. The van der Waals surface area contributed by atoms with Gasteiger partial charge in [-0.15, -0.1) is 5.11 Å². The Morgan fingerprint density at radius 2 is 2.38 bits per heavy atom. The second-order valence-electron chi connectivity index (χ2n) is 3.00. The van der Waals surface area contributed by atoms with E-state index in [1.165, 1.54) is 17.3 Å². The zero-order valence-corrected chi connectivity index (χ0v) is 8.04. The standard InChI is InChI=1S/C9H8N4O3/c10-11-9(15)6-2-1-3-7(4-6)13-5-8(14)16-12-13/h1-5,10,12,14H. The van der Waals surface area contributed by atoms with E-state index in [2.05, 4.69) is 15.5 Å². The Hall–Kier alpha value is -2.41. The normalized spacial score (nSPS) is 14.2. The second kappa shape index (κ2) is 3.99. The maximum atomic E-state index is 11.2. The van der Waals surface area contributed by atoms with Crippen LogP contribution in [0.4, 0.5) is 5.69 Å². The van der Waals surface area contributed by atoms with Gasteiger partial charge in [0.2, 0.25) is 0 Å². The van der Waals surface area contributed by atoms with Gasteiger partial charge in [-0.3, -0.25) is 4.79 Å². The van der Waals surface area contributed by atoms with Crippen LogP contribution in [-0.2, 0) is 4.84 Å². The molecule has 0 saturated heterocycles. The Labute approximate surface area is 90.4 Å². The number of amides is 1. The van der Waals surface area contributed by atoms with Gasteiger partial charge in [-0.25, -0.2) is 10.5 Å². The molecular formula is C9H8N4O3. The highest BCUT2D eigenvalue weighted by atomic mass is 16.8. The summed E-state index contributed by atoms with van der Waals surface area (Å²) in [6.45, 7) is 0. The van der Waals surface area contributed by atoms with Gasteiger partial charge >= 0.3 is 5.95 Å². The SMILES string of the molecule is N=NC(=O)c1cccc(N2C=C(O)ON2)c1. The molecule has 1 aliphatic heterocycles. The number of benzene rings is 1. The fourth-order valence-corrected chi connectivity index (χ4v) is 1.24. The van der Waals surface area contributed by atoms with Crippen LogP contribution >= 0.6 is 0 Å². The lowest BCUT2D eigenvalue weighted by molar-refractivity contribution is 0.0458. The van der Waals surface area contributed by atoms with Gasteiger partial charge in [-0.05, 0) is 18.2 Å². The monoisotopic (exact) mass is 220 g/mol. The molecule has 1 aromatic rings. The smallest absolute Gasteiger partial charge is 0.317 e. The highest BCUT2D eigenvalue weighted by molar-refractivity contribution is 5.95. The maximum absolute atomic E-state index is 11.2. The quantitative estimate of drug-likeness (QED) is 0.655. The van der Waals surface area contributed by atoms with Gasteiger partial charge < -0.3 is 9.94 Å². The van der Waals surface area contributed by atoms with E-state index < -0.39 is 5.91 Å². The number of hydrogen-bond acceptors (Lipinski definition) is 6. The molecule has 3 N–H and O–H groups in total. The van der Waals surface area contributed by atoms with Crippen molar-refractivity contribution in [3.63, 3.8) is 0 Å². The molecule has 0 aliphatic carbocycles. The molecule has 1 heterocycles. The summed E-state index contributed by atoms with van der Waals surface area (Å²) < 4.78 is 0. The Kier molecular flexibility index (Phi) is 2.52. The number of hydrogen-bond donors (Lipinski definition) is 3. The van der Waals surface area contributed by atoms with Crippen LogP contribution < -0.4 is 10.6 Å². The Balaban J connectivity index is 2.29. The summed E-state index contributed by atoms with van der Waals surface area (Å²) in [6.07, 6.45) is 1.31. The number of nitrogens with zero attached hydrogens (tertiary/aromatic N) is 2. The van der Waals surface area contributed by atoms with Crippen molar-refractivity contribution in [3.8, 4) is 0 Å². The first-order chi connectivity index (χ1) is 7.70. The fraction of sp³-hybridized carbons (Fsp3) is 0. The average Bonchev–Trinajstić information content (AvgIpc) is 2.75. The number of aliphatic hydroxyl groups is 1. The average molecular weight is 220 g/mol. The van der Waals surface area contributed by atoms with Crippen molar-refractivity contribution in [2.75, 3.05) is 5.01 Å². The third-order valence-corrected chi connectivity index (χ3v) is 1.96. The summed E-state index contributed by atoms with van der Waals surface area (Å²) in [6, 6.07) is 6.40. The van der Waals surface area contributed by atoms with E-state index >= 15 is 0 Å². The minimum absolute atomic E-state index is 0.276. The summed E-state index contributed by atoms with van der Waals surface area (Å²) in [5.74, 6) is -0.905. The number of anilines is 1. The topological polar surface area (TPSA) is 98.0 Å². The molecule has 16 heavy (non-hydrogen) atoms. The Bertz CT molecular complexity index is 472. The summed E-state index contributed by atoms with van der Waals surface area (Å²) in [4.78, 5) is 15.7. The molecule has 0 saturated carbocycles. The van der Waals surface area contributed by atoms with Crippen LogP contribution in [0.3, 0.4) is 0 Å². The Morgan fingerprint density at radius 3 is 3.00 bits per heavy atom. The van der Waals surface area contributed by atoms with Crippen molar-refractivity contribution in [2.45, 2.75) is 0 Å². The lowest BCUT2D eigenvalue weighted by Gasteiger charge is -2.13. The molecule has 0 unspecified atom stereocenters. The third kappa shape index (κ3) is 1.84. The predicted molar refractivity (Wildman–Crippen MR) is 53.3 cm³/mol. The van der Waals surface area contributed by atoms with Crippen molar-refractivity contribution < 1.29 is 14.7 Å². The van der Waals surface area contributed by atoms with E-state index in [9.17, 15) is 4.79 Å². The molecule has 0 spiro atoms. The van der Waals surface area contributed by atoms with E-state index in [-0.39, 0.29) is 11.5 Å². The molecule has 7 nitrogen and oxygen atoms in total. The predicted octanol–water partition coefficient (Wildman–Crippen LogP) is 1.47. The number of carbonyl (C=O) groups is 1. The van der Waals surface area contributed by atoms with E-state index in [0.717, 1.165) is 0 Å². The van der Waals surface area contributed by atoms with Crippen LogP contribution in [0.25, 0.3) is 0 Å². The van der Waals surface area contributed by atoms with Crippen LogP contribution in [0, 0.1) is 5.53 Å². The van der Waals surface area contributed by atoms with Crippen LogP contribution in [0.15, 0.2) is 41.5 Å². The third-order valence-electron chi connectivity index (χ3n) is 1.96. The number of hydrazine groups is 1. The molecule has 0 aromatic heterocycles. The number of aliphatic hydroxyl groups excluding tert-OH is 1. The summed E-state index contributed by atoms with van der Waals surface area (Å²) in [5, 5.41) is 13.2. The first kappa shape index (κ1) is 10.1. The van der Waals surface area contributed by atoms with Gasteiger partial charge in [0.25, 0.3) is 5.91 Å². The first-order valence-electron chi connectivity index (χ1n) is 4.35. The van der Waals surface area contributed by atoms with Gasteiger partial charge in [-0.1, -0.05) is 11.7 Å². The molecule has 7 heteroatoms. The zero-order chi connectivity index (χ0) is 11.5. The number of carbonyl (C=O) groups excluding carboxylic acids is 1. The summed E-state index contributed by atoms with van der Waals surface area (Å²) >= 11 is 0. The minimum Gasteiger partial charge on any atom is -0.479 e. The van der Waals surface area contributed by atoms with Crippen molar-refractivity contribution in [3.05, 3.63) is 42.0 Å². The van der Waals surface area contributed by atoms with E-state index in [0.29, 0.717) is 5.69 Å². The van der Waals surface area contributed by atoms with Crippen LogP contribution in [0.1, 0.15) is 10.4 Å². The van der Waals surface area contributed by atoms with Crippen molar-refractivity contribution in [1.29, 1.82) is 5.53 Å². The molecule has 2 rings (SSSR count). The molecule has 0 bridgehead atoms. The van der Waals surface area contributed by atoms with Crippen molar-refractivity contribution >= 4 is 11.6 Å². The molecule has 0 fully saturated rings. The lowest BCUT2D eigenvalue weighted by Crippen LogP contribution is -2.27. The highest BCUT2D eigenvalue weighted by Crippen LogP contribution is 2.18. The van der Waals surface area contributed by atoms with E-state index in [4.69, 9.17) is 10.6 Å². The van der Waals surface area contributed by atoms with Crippen molar-refractivity contribution in [2.24, 2.45) is 5.11 Å². The van der Waals surface area contributed by atoms with Crippen LogP contribution in [0.2, 0.25) is 0 Å².